The molecular formula is C16H23BrClN3O. The third-order valence-corrected chi connectivity index (χ3v) is 5.49. The largest absolute Gasteiger partial charge is 0.325 e. The highest BCUT2D eigenvalue weighted by Crippen LogP contribution is 2.26. The Bertz CT molecular complexity index is 540. The van der Waals surface area contributed by atoms with Gasteiger partial charge in [-0.15, -0.1) is 12.4 Å². The molecule has 0 spiro atoms. The van der Waals surface area contributed by atoms with Crippen molar-refractivity contribution < 1.29 is 4.79 Å². The molecule has 1 aromatic rings. The zero-order valence-corrected chi connectivity index (χ0v) is 15.2. The minimum Gasteiger partial charge on any atom is -0.325 e. The summed E-state index contributed by atoms with van der Waals surface area (Å²) in [6.07, 6.45) is 1.21. The molecule has 0 aromatic heterocycles. The minimum absolute atomic E-state index is 0. The number of carbonyl (C=O) groups excluding carboxylic acids is 1. The van der Waals surface area contributed by atoms with E-state index in [4.69, 9.17) is 0 Å². The predicted octanol–water partition coefficient (Wildman–Crippen LogP) is 2.66. The van der Waals surface area contributed by atoms with Gasteiger partial charge in [-0.1, -0.05) is 15.9 Å². The number of amides is 1. The van der Waals surface area contributed by atoms with Crippen LogP contribution in [0.5, 0.6) is 0 Å². The van der Waals surface area contributed by atoms with Crippen LogP contribution in [0.3, 0.4) is 0 Å². The van der Waals surface area contributed by atoms with Crippen LogP contribution in [0.4, 0.5) is 5.69 Å². The highest BCUT2D eigenvalue weighted by atomic mass is 79.9. The molecule has 2 heterocycles. The van der Waals surface area contributed by atoms with Crippen LogP contribution in [-0.4, -0.2) is 43.5 Å². The number of piperidine rings is 1. The van der Waals surface area contributed by atoms with Crippen molar-refractivity contribution >= 4 is 39.9 Å². The summed E-state index contributed by atoms with van der Waals surface area (Å²) >= 11 is 3.47. The molecule has 22 heavy (non-hydrogen) atoms. The van der Waals surface area contributed by atoms with Crippen molar-refractivity contribution in [2.75, 3.05) is 38.0 Å². The van der Waals surface area contributed by atoms with E-state index in [-0.39, 0.29) is 18.3 Å². The summed E-state index contributed by atoms with van der Waals surface area (Å²) in [4.78, 5) is 14.5. The van der Waals surface area contributed by atoms with Crippen LogP contribution in [0.1, 0.15) is 12.0 Å². The fourth-order valence-electron chi connectivity index (χ4n) is 3.38. The van der Waals surface area contributed by atoms with Gasteiger partial charge in [0, 0.05) is 16.7 Å². The van der Waals surface area contributed by atoms with Gasteiger partial charge in [-0.25, -0.2) is 0 Å². The van der Waals surface area contributed by atoms with E-state index < -0.39 is 0 Å². The second kappa shape index (κ2) is 7.77. The van der Waals surface area contributed by atoms with Gasteiger partial charge in [0.1, 0.15) is 0 Å². The number of hydrogen-bond acceptors (Lipinski definition) is 3. The Balaban J connectivity index is 0.00000176. The zero-order chi connectivity index (χ0) is 14.8. The maximum absolute atomic E-state index is 12.2. The molecule has 0 bridgehead atoms. The van der Waals surface area contributed by atoms with E-state index >= 15 is 0 Å². The van der Waals surface area contributed by atoms with Crippen molar-refractivity contribution in [2.24, 2.45) is 11.8 Å². The molecule has 3 rings (SSSR count). The first kappa shape index (κ1) is 17.7. The lowest BCUT2D eigenvalue weighted by molar-refractivity contribution is -0.117. The Morgan fingerprint density at radius 1 is 1.41 bits per heavy atom. The van der Waals surface area contributed by atoms with Crippen LogP contribution in [0.2, 0.25) is 0 Å². The average molecular weight is 389 g/mol. The summed E-state index contributed by atoms with van der Waals surface area (Å²) in [7, 11) is 0. The molecular weight excluding hydrogens is 366 g/mol. The van der Waals surface area contributed by atoms with E-state index in [0.717, 1.165) is 53.7 Å². The second-order valence-electron chi connectivity index (χ2n) is 6.21. The molecule has 0 radical (unpaired) electrons. The molecule has 1 amide bonds. The summed E-state index contributed by atoms with van der Waals surface area (Å²) in [5.74, 6) is 1.63. The van der Waals surface area contributed by atoms with Crippen LogP contribution in [0, 0.1) is 18.8 Å². The molecule has 6 heteroatoms. The fourth-order valence-corrected chi connectivity index (χ4v) is 3.63. The van der Waals surface area contributed by atoms with Gasteiger partial charge in [0.05, 0.1) is 6.54 Å². The van der Waals surface area contributed by atoms with Gasteiger partial charge in [-0.05, 0) is 68.6 Å². The molecule has 122 valence electrons. The highest BCUT2D eigenvalue weighted by Gasteiger charge is 2.33. The number of fused-ring (bicyclic) bond motifs is 1. The Kier molecular flexibility index (Phi) is 6.26. The third kappa shape index (κ3) is 4.22. The Hall–Kier alpha value is -0.620. The monoisotopic (exact) mass is 387 g/mol. The first-order chi connectivity index (χ1) is 10.1. The maximum Gasteiger partial charge on any atom is 0.238 e. The number of nitrogens with zero attached hydrogens (tertiary/aromatic N) is 1. The van der Waals surface area contributed by atoms with Crippen LogP contribution >= 0.6 is 28.3 Å². The summed E-state index contributed by atoms with van der Waals surface area (Å²) in [6.45, 7) is 6.87. The number of aryl methyl sites for hydroxylation is 1. The van der Waals surface area contributed by atoms with Gasteiger partial charge in [0.2, 0.25) is 5.91 Å². The maximum atomic E-state index is 12.2. The summed E-state index contributed by atoms with van der Waals surface area (Å²) < 4.78 is 1.07. The van der Waals surface area contributed by atoms with Crippen molar-refractivity contribution in [3.63, 3.8) is 0 Å². The second-order valence-corrected chi connectivity index (χ2v) is 7.07. The minimum atomic E-state index is 0. The Morgan fingerprint density at radius 3 is 2.95 bits per heavy atom. The van der Waals surface area contributed by atoms with E-state index in [9.17, 15) is 4.79 Å². The first-order valence-electron chi connectivity index (χ1n) is 7.61. The smallest absolute Gasteiger partial charge is 0.238 e. The standard InChI is InChI=1S/C16H22BrN3O.ClH/c1-11-6-14(2-3-15(11)17)19-16(21)10-20-5-4-12-7-18-8-13(12)9-20;/h2-3,6,12-13,18H,4-5,7-10H2,1H3,(H,19,21);1H. The highest BCUT2D eigenvalue weighted by molar-refractivity contribution is 9.10. The summed E-state index contributed by atoms with van der Waals surface area (Å²) in [5.41, 5.74) is 2.00. The zero-order valence-electron chi connectivity index (χ0n) is 12.8. The van der Waals surface area contributed by atoms with E-state index in [0.29, 0.717) is 6.54 Å². The number of rotatable bonds is 3. The molecule has 1 aromatic carbocycles. The van der Waals surface area contributed by atoms with E-state index in [2.05, 4.69) is 31.5 Å². The molecule has 2 aliphatic heterocycles. The van der Waals surface area contributed by atoms with Crippen LogP contribution < -0.4 is 10.6 Å². The number of carbonyl (C=O) groups is 1. The van der Waals surface area contributed by atoms with Crippen molar-refractivity contribution in [3.8, 4) is 0 Å². The molecule has 2 unspecified atom stereocenters. The van der Waals surface area contributed by atoms with Gasteiger partial charge in [-0.3, -0.25) is 9.69 Å². The van der Waals surface area contributed by atoms with Gasteiger partial charge in [0.25, 0.3) is 0 Å². The number of halogens is 2. The quantitative estimate of drug-likeness (QED) is 0.837. The first-order valence-corrected chi connectivity index (χ1v) is 8.40. The van der Waals surface area contributed by atoms with Crippen molar-refractivity contribution in [2.45, 2.75) is 13.3 Å². The molecule has 2 N–H and O–H groups in total. The van der Waals surface area contributed by atoms with Crippen molar-refractivity contribution in [1.82, 2.24) is 10.2 Å². The number of likely N-dealkylation sites (tertiary alicyclic amines) is 1. The van der Waals surface area contributed by atoms with Crippen LogP contribution in [0.15, 0.2) is 22.7 Å². The molecule has 2 fully saturated rings. The number of nitrogens with one attached hydrogen (secondary N) is 2. The van der Waals surface area contributed by atoms with Crippen LogP contribution in [-0.2, 0) is 4.79 Å². The van der Waals surface area contributed by atoms with Gasteiger partial charge in [0.15, 0.2) is 0 Å². The molecule has 2 aliphatic rings. The molecule has 2 saturated heterocycles. The molecule has 0 aliphatic carbocycles. The van der Waals surface area contributed by atoms with E-state index in [1.54, 1.807) is 0 Å². The lowest BCUT2D eigenvalue weighted by atomic mass is 9.89. The van der Waals surface area contributed by atoms with Gasteiger partial charge in [-0.2, -0.15) is 0 Å². The normalized spacial score (nSPS) is 24.5. The van der Waals surface area contributed by atoms with Gasteiger partial charge >= 0.3 is 0 Å². The van der Waals surface area contributed by atoms with Gasteiger partial charge < -0.3 is 10.6 Å². The Labute approximate surface area is 146 Å². The third-order valence-electron chi connectivity index (χ3n) is 4.60. The number of benzene rings is 1. The summed E-state index contributed by atoms with van der Waals surface area (Å²) in [5, 5.41) is 6.46. The molecule has 0 saturated carbocycles. The lowest BCUT2D eigenvalue weighted by Gasteiger charge is -2.33. The fraction of sp³-hybridized carbons (Fsp3) is 0.562. The predicted molar refractivity (Wildman–Crippen MR) is 95.7 cm³/mol. The summed E-state index contributed by atoms with van der Waals surface area (Å²) in [6, 6.07) is 5.90. The average Bonchev–Trinajstić information content (AvgIpc) is 2.90. The van der Waals surface area contributed by atoms with Crippen LogP contribution in [0.25, 0.3) is 0 Å². The topological polar surface area (TPSA) is 44.4 Å². The van der Waals surface area contributed by atoms with E-state index in [1.807, 2.05) is 25.1 Å². The number of hydrogen-bond donors (Lipinski definition) is 2. The number of anilines is 1. The van der Waals surface area contributed by atoms with E-state index in [1.165, 1.54) is 6.42 Å². The van der Waals surface area contributed by atoms with Crippen molar-refractivity contribution in [1.29, 1.82) is 0 Å². The SMILES string of the molecule is Cc1cc(NC(=O)CN2CCC3CNCC3C2)ccc1Br.Cl. The molecule has 4 nitrogen and oxygen atoms in total. The molecule has 2 atom stereocenters. The Morgan fingerprint density at radius 2 is 2.18 bits per heavy atom. The van der Waals surface area contributed by atoms with Crippen molar-refractivity contribution in [3.05, 3.63) is 28.2 Å². The lowest BCUT2D eigenvalue weighted by Crippen LogP contribution is -2.43.